The predicted molar refractivity (Wildman–Crippen MR) is 74.9 cm³/mol. The van der Waals surface area contributed by atoms with Crippen LogP contribution in [0.25, 0.3) is 11.3 Å². The fourth-order valence-corrected chi connectivity index (χ4v) is 2.47. The second kappa shape index (κ2) is 5.12. The van der Waals surface area contributed by atoms with E-state index in [9.17, 15) is 9.90 Å². The van der Waals surface area contributed by atoms with Crippen LogP contribution in [0.1, 0.15) is 53.8 Å². The van der Waals surface area contributed by atoms with Crippen LogP contribution in [0.4, 0.5) is 0 Å². The van der Waals surface area contributed by atoms with Crippen LogP contribution in [0, 0.1) is 0 Å². The van der Waals surface area contributed by atoms with Crippen LogP contribution in [0.5, 0.6) is 0 Å². The van der Waals surface area contributed by atoms with Crippen molar-refractivity contribution in [2.24, 2.45) is 0 Å². The fraction of sp³-hybridized carbons (Fsp3) is 0.375. The molecule has 1 aromatic heterocycles. The van der Waals surface area contributed by atoms with Crippen molar-refractivity contribution in [3.8, 4) is 11.3 Å². The van der Waals surface area contributed by atoms with Crippen molar-refractivity contribution in [3.63, 3.8) is 0 Å². The number of carboxylic acid groups (broad SMARTS) is 1. The smallest absolute Gasteiger partial charge is 0.341 e. The largest absolute Gasteiger partial charge is 0.477 e. The molecule has 1 saturated carbocycles. The second-order valence-electron chi connectivity index (χ2n) is 5.28. The SMILES string of the molecule is CCCc1onc(-c2ccc(C3CC3)cc2)c1C(=O)O. The quantitative estimate of drug-likeness (QED) is 0.896. The molecule has 0 radical (unpaired) electrons. The van der Waals surface area contributed by atoms with Gasteiger partial charge in [-0.3, -0.25) is 0 Å². The molecule has 0 aliphatic heterocycles. The van der Waals surface area contributed by atoms with Crippen molar-refractivity contribution < 1.29 is 14.4 Å². The van der Waals surface area contributed by atoms with Gasteiger partial charge in [-0.15, -0.1) is 0 Å². The van der Waals surface area contributed by atoms with Gasteiger partial charge < -0.3 is 9.63 Å². The maximum Gasteiger partial charge on any atom is 0.341 e. The van der Waals surface area contributed by atoms with E-state index in [-0.39, 0.29) is 5.56 Å². The number of carboxylic acids is 1. The molecule has 1 aliphatic rings. The Bertz CT molecular complexity index is 624. The molecule has 0 atom stereocenters. The van der Waals surface area contributed by atoms with E-state index in [1.165, 1.54) is 18.4 Å². The lowest BCUT2D eigenvalue weighted by atomic mass is 10.0. The first kappa shape index (κ1) is 12.9. The van der Waals surface area contributed by atoms with Crippen molar-refractivity contribution in [1.29, 1.82) is 0 Å². The minimum absolute atomic E-state index is 0.200. The summed E-state index contributed by atoms with van der Waals surface area (Å²) in [6.07, 6.45) is 3.93. The van der Waals surface area contributed by atoms with Gasteiger partial charge in [-0.05, 0) is 30.7 Å². The molecular formula is C16H17NO3. The van der Waals surface area contributed by atoms with Crippen LogP contribution in [0.15, 0.2) is 28.8 Å². The highest BCUT2D eigenvalue weighted by Gasteiger charge is 2.25. The van der Waals surface area contributed by atoms with E-state index in [0.717, 1.165) is 12.0 Å². The lowest BCUT2D eigenvalue weighted by Crippen LogP contribution is -2.01. The average Bonchev–Trinajstić information content (AvgIpc) is 3.20. The van der Waals surface area contributed by atoms with Crippen molar-refractivity contribution in [2.75, 3.05) is 0 Å². The first-order valence-electron chi connectivity index (χ1n) is 7.03. The van der Waals surface area contributed by atoms with E-state index in [1.807, 2.05) is 19.1 Å². The molecule has 1 aromatic carbocycles. The summed E-state index contributed by atoms with van der Waals surface area (Å²) < 4.78 is 5.21. The van der Waals surface area contributed by atoms with Crippen molar-refractivity contribution in [2.45, 2.75) is 38.5 Å². The number of aromatic carboxylic acids is 1. The first-order chi connectivity index (χ1) is 9.70. The lowest BCUT2D eigenvalue weighted by Gasteiger charge is -2.01. The monoisotopic (exact) mass is 271 g/mol. The van der Waals surface area contributed by atoms with Crippen LogP contribution in [-0.2, 0) is 6.42 Å². The minimum Gasteiger partial charge on any atom is -0.477 e. The van der Waals surface area contributed by atoms with Crippen LogP contribution >= 0.6 is 0 Å². The van der Waals surface area contributed by atoms with Crippen LogP contribution < -0.4 is 0 Å². The zero-order chi connectivity index (χ0) is 14.1. The summed E-state index contributed by atoms with van der Waals surface area (Å²) in [6.45, 7) is 1.98. The molecule has 1 fully saturated rings. The molecule has 104 valence electrons. The van der Waals surface area contributed by atoms with E-state index < -0.39 is 5.97 Å². The van der Waals surface area contributed by atoms with E-state index in [2.05, 4.69) is 17.3 Å². The van der Waals surface area contributed by atoms with Gasteiger partial charge in [0.1, 0.15) is 11.3 Å². The minimum atomic E-state index is -0.976. The van der Waals surface area contributed by atoms with E-state index >= 15 is 0 Å². The summed E-state index contributed by atoms with van der Waals surface area (Å²) in [5, 5.41) is 13.3. The van der Waals surface area contributed by atoms with Gasteiger partial charge in [0.15, 0.2) is 5.76 Å². The molecule has 0 unspecified atom stereocenters. The highest BCUT2D eigenvalue weighted by molar-refractivity contribution is 5.95. The number of hydrogen-bond donors (Lipinski definition) is 1. The molecular weight excluding hydrogens is 254 g/mol. The summed E-state index contributed by atoms with van der Waals surface area (Å²) in [6, 6.07) is 8.00. The van der Waals surface area contributed by atoms with Gasteiger partial charge in [0.25, 0.3) is 0 Å². The van der Waals surface area contributed by atoms with Gasteiger partial charge in [0, 0.05) is 12.0 Å². The Hall–Kier alpha value is -2.10. The Kier molecular flexibility index (Phi) is 3.30. The predicted octanol–water partition coefficient (Wildman–Crippen LogP) is 3.87. The third kappa shape index (κ3) is 2.33. The first-order valence-corrected chi connectivity index (χ1v) is 7.03. The number of nitrogens with zero attached hydrogens (tertiary/aromatic N) is 1. The number of rotatable bonds is 5. The molecule has 3 rings (SSSR count). The molecule has 0 bridgehead atoms. The zero-order valence-electron chi connectivity index (χ0n) is 11.4. The van der Waals surface area contributed by atoms with Crippen molar-refractivity contribution in [3.05, 3.63) is 41.2 Å². The third-order valence-electron chi connectivity index (χ3n) is 3.69. The number of aryl methyl sites for hydroxylation is 1. The number of benzene rings is 1. The zero-order valence-corrected chi connectivity index (χ0v) is 11.4. The van der Waals surface area contributed by atoms with E-state index in [4.69, 9.17) is 4.52 Å². The number of aromatic nitrogens is 1. The highest BCUT2D eigenvalue weighted by Crippen LogP contribution is 2.40. The topological polar surface area (TPSA) is 63.3 Å². The third-order valence-corrected chi connectivity index (χ3v) is 3.69. The summed E-state index contributed by atoms with van der Waals surface area (Å²) in [7, 11) is 0. The Morgan fingerprint density at radius 3 is 2.60 bits per heavy atom. The summed E-state index contributed by atoms with van der Waals surface area (Å²) in [5.74, 6) is 0.174. The molecule has 20 heavy (non-hydrogen) atoms. The van der Waals surface area contributed by atoms with Gasteiger partial charge in [-0.2, -0.15) is 0 Å². The average molecular weight is 271 g/mol. The molecule has 0 spiro atoms. The Labute approximate surface area is 117 Å². The van der Waals surface area contributed by atoms with E-state index in [0.29, 0.717) is 23.8 Å². The summed E-state index contributed by atoms with van der Waals surface area (Å²) >= 11 is 0. The van der Waals surface area contributed by atoms with Crippen LogP contribution in [-0.4, -0.2) is 16.2 Å². The molecule has 1 N–H and O–H groups in total. The fourth-order valence-electron chi connectivity index (χ4n) is 2.47. The summed E-state index contributed by atoms with van der Waals surface area (Å²) in [5.41, 5.74) is 2.76. The van der Waals surface area contributed by atoms with E-state index in [1.54, 1.807) is 0 Å². The van der Waals surface area contributed by atoms with Gasteiger partial charge >= 0.3 is 5.97 Å². The molecule has 4 nitrogen and oxygen atoms in total. The molecule has 1 heterocycles. The van der Waals surface area contributed by atoms with Crippen LogP contribution in [0.2, 0.25) is 0 Å². The normalized spacial score (nSPS) is 14.4. The maximum absolute atomic E-state index is 11.4. The maximum atomic E-state index is 11.4. The van der Waals surface area contributed by atoms with Gasteiger partial charge in [0.05, 0.1) is 0 Å². The molecule has 2 aromatic rings. The number of carbonyl (C=O) groups is 1. The van der Waals surface area contributed by atoms with Gasteiger partial charge in [0.2, 0.25) is 0 Å². The Morgan fingerprint density at radius 1 is 1.35 bits per heavy atom. The molecule has 0 amide bonds. The Balaban J connectivity index is 1.97. The molecule has 4 heteroatoms. The highest BCUT2D eigenvalue weighted by atomic mass is 16.5. The lowest BCUT2D eigenvalue weighted by molar-refractivity contribution is 0.0695. The van der Waals surface area contributed by atoms with Crippen molar-refractivity contribution in [1.82, 2.24) is 5.16 Å². The summed E-state index contributed by atoms with van der Waals surface area (Å²) in [4.78, 5) is 11.4. The standard InChI is InChI=1S/C16H17NO3/c1-2-3-13-14(16(18)19)15(17-20-13)12-8-6-11(7-9-12)10-4-5-10/h6-10H,2-5H2,1H3,(H,18,19). The number of hydrogen-bond acceptors (Lipinski definition) is 3. The van der Waals surface area contributed by atoms with Gasteiger partial charge in [-0.1, -0.05) is 36.3 Å². The molecule has 0 saturated heterocycles. The second-order valence-corrected chi connectivity index (χ2v) is 5.28. The Morgan fingerprint density at radius 2 is 2.05 bits per heavy atom. The van der Waals surface area contributed by atoms with Crippen molar-refractivity contribution >= 4 is 5.97 Å². The molecule has 1 aliphatic carbocycles. The van der Waals surface area contributed by atoms with Gasteiger partial charge in [-0.25, -0.2) is 4.79 Å². The van der Waals surface area contributed by atoms with Crippen LogP contribution in [0.3, 0.4) is 0 Å².